The third-order valence-electron chi connectivity index (χ3n) is 3.96. The van der Waals surface area contributed by atoms with Gasteiger partial charge in [-0.1, -0.05) is 12.1 Å². The second kappa shape index (κ2) is 7.60. The van der Waals surface area contributed by atoms with Crippen LogP contribution in [-0.2, 0) is 10.0 Å². The summed E-state index contributed by atoms with van der Waals surface area (Å²) < 4.78 is 38.4. The van der Waals surface area contributed by atoms with E-state index in [1.807, 2.05) is 0 Å². The molecule has 0 saturated heterocycles. The summed E-state index contributed by atoms with van der Waals surface area (Å²) in [5.41, 5.74) is 1.11. The summed E-state index contributed by atoms with van der Waals surface area (Å²) in [5, 5.41) is 10.8. The van der Waals surface area contributed by atoms with Crippen molar-refractivity contribution >= 4 is 15.7 Å². The number of hydrogen-bond donors (Lipinski definition) is 1. The van der Waals surface area contributed by atoms with E-state index in [4.69, 9.17) is 9.15 Å². The lowest BCUT2D eigenvalue weighted by atomic mass is 10.0. The van der Waals surface area contributed by atoms with Gasteiger partial charge in [0.25, 0.3) is 5.69 Å². The van der Waals surface area contributed by atoms with E-state index in [-0.39, 0.29) is 10.6 Å². The van der Waals surface area contributed by atoms with Crippen LogP contribution in [0, 0.1) is 10.1 Å². The molecule has 3 rings (SSSR count). The van der Waals surface area contributed by atoms with E-state index in [1.165, 1.54) is 24.7 Å². The Morgan fingerprint density at radius 1 is 1.04 bits per heavy atom. The molecule has 3 aromatic rings. The number of nitrogens with zero attached hydrogens (tertiary/aromatic N) is 1. The van der Waals surface area contributed by atoms with Crippen LogP contribution in [0.15, 0.2) is 76.4 Å². The molecule has 0 aliphatic heterocycles. The first-order chi connectivity index (χ1) is 12.9. The normalized spacial score (nSPS) is 12.5. The zero-order valence-corrected chi connectivity index (χ0v) is 15.0. The Balaban J connectivity index is 1.94. The maximum absolute atomic E-state index is 12.8. The van der Waals surface area contributed by atoms with Crippen LogP contribution in [0.3, 0.4) is 0 Å². The van der Waals surface area contributed by atoms with Gasteiger partial charge in [0.1, 0.15) is 5.75 Å². The first-order valence-electron chi connectivity index (χ1n) is 7.83. The fourth-order valence-corrected chi connectivity index (χ4v) is 3.75. The number of non-ortho nitro benzene ring substituents is 1. The lowest BCUT2D eigenvalue weighted by Gasteiger charge is -2.18. The van der Waals surface area contributed by atoms with Crippen molar-refractivity contribution in [2.45, 2.75) is 10.9 Å². The standard InChI is InChI=1S/C18H16N2O6S/c1-25-16-6-2-13(3-7-16)18(14-10-11-26-12-14)19-27(23,24)17-8-4-15(5-9-17)20(21)22/h2-12,18-19H,1H3/t18-/m1/s1. The van der Waals surface area contributed by atoms with Crippen LogP contribution >= 0.6 is 0 Å². The summed E-state index contributed by atoms with van der Waals surface area (Å²) in [7, 11) is -2.40. The van der Waals surface area contributed by atoms with Gasteiger partial charge in [0.15, 0.2) is 0 Å². The summed E-state index contributed by atoms with van der Waals surface area (Å²) in [4.78, 5) is 10.1. The van der Waals surface area contributed by atoms with Crippen molar-refractivity contribution in [3.05, 3.63) is 88.4 Å². The van der Waals surface area contributed by atoms with E-state index in [1.54, 1.807) is 37.4 Å². The Hall–Kier alpha value is -3.17. The van der Waals surface area contributed by atoms with Crippen LogP contribution in [0.5, 0.6) is 5.75 Å². The van der Waals surface area contributed by atoms with E-state index < -0.39 is 21.0 Å². The molecule has 0 unspecified atom stereocenters. The molecule has 140 valence electrons. The van der Waals surface area contributed by atoms with Crippen LogP contribution in [0.4, 0.5) is 5.69 Å². The highest BCUT2D eigenvalue weighted by Gasteiger charge is 2.24. The summed E-state index contributed by atoms with van der Waals surface area (Å²) in [6, 6.07) is 12.6. The lowest BCUT2D eigenvalue weighted by molar-refractivity contribution is -0.384. The maximum Gasteiger partial charge on any atom is 0.269 e. The number of methoxy groups -OCH3 is 1. The first kappa shape index (κ1) is 18.6. The summed E-state index contributed by atoms with van der Waals surface area (Å²) in [6.45, 7) is 0. The van der Waals surface area contributed by atoms with E-state index >= 15 is 0 Å². The van der Waals surface area contributed by atoms with Gasteiger partial charge in [-0.25, -0.2) is 8.42 Å². The number of rotatable bonds is 7. The molecule has 27 heavy (non-hydrogen) atoms. The van der Waals surface area contributed by atoms with Gasteiger partial charge in [0.05, 0.1) is 35.5 Å². The van der Waals surface area contributed by atoms with Gasteiger partial charge in [0.2, 0.25) is 10.0 Å². The molecule has 0 aliphatic rings. The van der Waals surface area contributed by atoms with Gasteiger partial charge in [-0.2, -0.15) is 4.72 Å². The minimum absolute atomic E-state index is 0.0740. The monoisotopic (exact) mass is 388 g/mol. The fraction of sp³-hybridized carbons (Fsp3) is 0.111. The average molecular weight is 388 g/mol. The third-order valence-corrected chi connectivity index (χ3v) is 5.40. The quantitative estimate of drug-likeness (QED) is 0.491. The molecule has 0 spiro atoms. The average Bonchev–Trinajstić information content (AvgIpc) is 3.21. The number of ether oxygens (including phenoxy) is 1. The lowest BCUT2D eigenvalue weighted by Crippen LogP contribution is -2.29. The van der Waals surface area contributed by atoms with Gasteiger partial charge in [0, 0.05) is 17.7 Å². The highest BCUT2D eigenvalue weighted by atomic mass is 32.2. The van der Waals surface area contributed by atoms with Gasteiger partial charge >= 0.3 is 0 Å². The molecular weight excluding hydrogens is 372 g/mol. The molecule has 9 heteroatoms. The largest absolute Gasteiger partial charge is 0.497 e. The zero-order valence-electron chi connectivity index (χ0n) is 14.2. The van der Waals surface area contributed by atoms with Crippen LogP contribution in [0.25, 0.3) is 0 Å². The molecule has 1 N–H and O–H groups in total. The summed E-state index contributed by atoms with van der Waals surface area (Å²) in [6.07, 6.45) is 2.90. The first-order valence-corrected chi connectivity index (χ1v) is 9.32. The number of benzene rings is 2. The number of nitro groups is 1. The predicted molar refractivity (Wildman–Crippen MR) is 97.0 cm³/mol. The van der Waals surface area contributed by atoms with Crippen molar-refractivity contribution in [3.8, 4) is 5.75 Å². The Morgan fingerprint density at radius 3 is 2.22 bits per heavy atom. The molecule has 1 heterocycles. The van der Waals surface area contributed by atoms with E-state index in [0.29, 0.717) is 16.9 Å². The van der Waals surface area contributed by atoms with E-state index in [2.05, 4.69) is 4.72 Å². The molecule has 0 bridgehead atoms. The molecule has 0 aliphatic carbocycles. The van der Waals surface area contributed by atoms with Crippen molar-refractivity contribution in [2.75, 3.05) is 7.11 Å². The van der Waals surface area contributed by atoms with Crippen LogP contribution in [0.1, 0.15) is 17.2 Å². The third kappa shape index (κ3) is 4.15. The van der Waals surface area contributed by atoms with Crippen molar-refractivity contribution in [1.29, 1.82) is 0 Å². The highest BCUT2D eigenvalue weighted by molar-refractivity contribution is 7.89. The van der Waals surface area contributed by atoms with E-state index in [0.717, 1.165) is 12.1 Å². The van der Waals surface area contributed by atoms with Gasteiger partial charge in [-0.05, 0) is 35.9 Å². The highest BCUT2D eigenvalue weighted by Crippen LogP contribution is 2.27. The number of furan rings is 1. The molecule has 8 nitrogen and oxygen atoms in total. The van der Waals surface area contributed by atoms with Crippen LogP contribution in [0.2, 0.25) is 0 Å². The second-order valence-electron chi connectivity index (χ2n) is 5.64. The SMILES string of the molecule is COc1ccc([C@@H](NS(=O)(=O)c2ccc([N+](=O)[O-])cc2)c2ccoc2)cc1. The Labute approximate surface area is 155 Å². The van der Waals surface area contributed by atoms with Crippen LogP contribution < -0.4 is 9.46 Å². The molecule has 1 atom stereocenters. The maximum atomic E-state index is 12.8. The Bertz CT molecular complexity index is 1010. The fourth-order valence-electron chi connectivity index (χ4n) is 2.53. The van der Waals surface area contributed by atoms with Gasteiger partial charge in [-0.3, -0.25) is 10.1 Å². The summed E-state index contributed by atoms with van der Waals surface area (Å²) in [5.74, 6) is 0.642. The molecule has 0 radical (unpaired) electrons. The summed E-state index contributed by atoms with van der Waals surface area (Å²) >= 11 is 0. The van der Waals surface area contributed by atoms with Crippen LogP contribution in [-0.4, -0.2) is 20.5 Å². The molecule has 2 aromatic carbocycles. The molecule has 0 fully saturated rings. The topological polar surface area (TPSA) is 112 Å². The minimum atomic E-state index is -3.94. The molecular formula is C18H16N2O6S. The van der Waals surface area contributed by atoms with Crippen molar-refractivity contribution in [1.82, 2.24) is 4.72 Å². The number of hydrogen-bond acceptors (Lipinski definition) is 6. The van der Waals surface area contributed by atoms with Crippen molar-refractivity contribution < 1.29 is 22.5 Å². The Kier molecular flexibility index (Phi) is 5.24. The van der Waals surface area contributed by atoms with Gasteiger partial charge in [-0.15, -0.1) is 0 Å². The number of nitro benzene ring substituents is 1. The van der Waals surface area contributed by atoms with Crippen molar-refractivity contribution in [2.24, 2.45) is 0 Å². The molecule has 0 saturated carbocycles. The Morgan fingerprint density at radius 2 is 1.70 bits per heavy atom. The zero-order chi connectivity index (χ0) is 19.4. The minimum Gasteiger partial charge on any atom is -0.497 e. The van der Waals surface area contributed by atoms with Gasteiger partial charge < -0.3 is 9.15 Å². The van der Waals surface area contributed by atoms with Crippen molar-refractivity contribution in [3.63, 3.8) is 0 Å². The number of nitrogens with one attached hydrogen (secondary N) is 1. The molecule has 0 amide bonds. The predicted octanol–water partition coefficient (Wildman–Crippen LogP) is 3.26. The second-order valence-corrected chi connectivity index (χ2v) is 7.35. The smallest absolute Gasteiger partial charge is 0.269 e. The van der Waals surface area contributed by atoms with E-state index in [9.17, 15) is 18.5 Å². The molecule has 1 aromatic heterocycles. The number of sulfonamides is 1.